The van der Waals surface area contributed by atoms with Gasteiger partial charge in [-0.1, -0.05) is 44.2 Å². The van der Waals surface area contributed by atoms with Gasteiger partial charge < -0.3 is 4.42 Å². The zero-order valence-corrected chi connectivity index (χ0v) is 19.8. The van der Waals surface area contributed by atoms with E-state index in [4.69, 9.17) is 14.0 Å². The summed E-state index contributed by atoms with van der Waals surface area (Å²) in [5.41, 5.74) is 1.26. The molecule has 2 nitrogen and oxygen atoms in total. The number of aryl methyl sites for hydroxylation is 3. The lowest BCUT2D eigenvalue weighted by molar-refractivity contribution is -0.661. The Kier molecular flexibility index (Phi) is 3.31. The highest BCUT2D eigenvalue weighted by atomic mass is 19.1. The van der Waals surface area contributed by atoms with Gasteiger partial charge in [0, 0.05) is 32.0 Å². The Morgan fingerprint density at radius 3 is 2.37 bits per heavy atom. The van der Waals surface area contributed by atoms with Gasteiger partial charge in [-0.2, -0.15) is 0 Å². The monoisotopic (exact) mass is 475 g/mol. The molecule has 1 aliphatic rings. The maximum absolute atomic E-state index is 15.6. The van der Waals surface area contributed by atoms with Crippen molar-refractivity contribution in [2.75, 3.05) is 0 Å². The van der Waals surface area contributed by atoms with E-state index in [9.17, 15) is 0 Å². The molecule has 0 unspecified atom stereocenters. The van der Waals surface area contributed by atoms with E-state index in [1.54, 1.807) is 33.0 Å². The lowest BCUT2D eigenvalue weighted by atomic mass is 9.90. The molecule has 5 aromatic rings. The molecule has 0 bridgehead atoms. The van der Waals surface area contributed by atoms with Crippen LogP contribution in [0.1, 0.15) is 45.7 Å². The summed E-state index contributed by atoms with van der Waals surface area (Å²) in [7, 11) is 1.62. The highest BCUT2D eigenvalue weighted by molar-refractivity contribution is 6.13. The second-order valence-electron chi connectivity index (χ2n) is 9.70. The highest BCUT2D eigenvalue weighted by Crippen LogP contribution is 2.43. The van der Waals surface area contributed by atoms with Crippen molar-refractivity contribution in [1.29, 1.82) is 0 Å². The number of rotatable bonds is 2. The molecule has 0 fully saturated rings. The third-order valence-electron chi connectivity index (χ3n) is 6.65. The molecule has 3 aromatic carbocycles. The average Bonchev–Trinajstić information content (AvgIpc) is 3.30. The second-order valence-corrected chi connectivity index (χ2v) is 9.70. The quantitative estimate of drug-likeness (QED) is 0.238. The minimum absolute atomic E-state index is 0.101. The largest absolute Gasteiger partial charge is 0.454 e. The first-order valence-electron chi connectivity index (χ1n) is 14.9. The Bertz CT molecular complexity index is 1960. The molecule has 0 saturated heterocycles. The van der Waals surface area contributed by atoms with Gasteiger partial charge in [0.15, 0.2) is 6.20 Å². The van der Waals surface area contributed by atoms with Gasteiger partial charge in [0.25, 0.3) is 0 Å². The minimum Gasteiger partial charge on any atom is -0.454 e. The number of nitrogens with zero attached hydrogens (tertiary/aromatic N) is 1. The third kappa shape index (κ3) is 3.38. The fourth-order valence-electron chi connectivity index (χ4n) is 5.06. The molecule has 0 aliphatic heterocycles. The van der Waals surface area contributed by atoms with Crippen LogP contribution in [-0.2, 0) is 19.8 Å². The second kappa shape index (κ2) is 7.48. The topological polar surface area (TPSA) is 17.0 Å². The van der Waals surface area contributed by atoms with Gasteiger partial charge in [-0.3, -0.25) is 0 Å². The van der Waals surface area contributed by atoms with Gasteiger partial charge >= 0.3 is 0 Å². The molecule has 6 rings (SSSR count). The minimum atomic E-state index is -2.63. The fraction of sp³-hybridized carbons (Fsp3) is 0.258. The van der Waals surface area contributed by atoms with Gasteiger partial charge in [0.05, 0.1) is 11.1 Å². The summed E-state index contributed by atoms with van der Waals surface area (Å²) in [6, 6.07) is 12.3. The van der Waals surface area contributed by atoms with Gasteiger partial charge in [-0.25, -0.2) is 13.3 Å². The van der Waals surface area contributed by atoms with Gasteiger partial charge in [-0.15, -0.1) is 0 Å². The van der Waals surface area contributed by atoms with Crippen LogP contribution in [0.3, 0.4) is 0 Å². The molecular weight excluding hydrogens is 440 g/mol. The number of aromatic nitrogens is 1. The predicted molar refractivity (Wildman–Crippen MR) is 136 cm³/mol. The summed E-state index contributed by atoms with van der Waals surface area (Å²) >= 11 is 0. The number of furan rings is 1. The van der Waals surface area contributed by atoms with Crippen molar-refractivity contribution >= 4 is 21.9 Å². The van der Waals surface area contributed by atoms with Crippen molar-refractivity contribution < 1.29 is 27.4 Å². The summed E-state index contributed by atoms with van der Waals surface area (Å²) in [6.07, 6.45) is -2.73. The maximum Gasteiger partial charge on any atom is 0.219 e. The molecule has 0 saturated carbocycles. The molecule has 35 heavy (non-hydrogen) atoms. The van der Waals surface area contributed by atoms with Crippen LogP contribution in [0.5, 0.6) is 0 Å². The number of halogens is 2. The molecule has 0 amide bonds. The van der Waals surface area contributed by atoms with Crippen molar-refractivity contribution in [3.63, 3.8) is 0 Å². The van der Waals surface area contributed by atoms with Crippen LogP contribution >= 0.6 is 0 Å². The normalized spacial score (nSPS) is 20.9. The van der Waals surface area contributed by atoms with Crippen LogP contribution in [-0.4, -0.2) is 0 Å². The van der Waals surface area contributed by atoms with E-state index < -0.39 is 42.2 Å². The van der Waals surface area contributed by atoms with Crippen LogP contribution in [0, 0.1) is 30.8 Å². The Morgan fingerprint density at radius 2 is 1.60 bits per heavy atom. The van der Waals surface area contributed by atoms with Crippen LogP contribution < -0.4 is 4.57 Å². The Hall–Kier alpha value is -3.53. The molecule has 2 heterocycles. The molecule has 0 atom stereocenters. The third-order valence-corrected chi connectivity index (χ3v) is 6.65. The first kappa shape index (κ1) is 15.5. The Labute approximate surface area is 213 Å². The fourth-order valence-corrected chi connectivity index (χ4v) is 5.06. The molecule has 0 radical (unpaired) electrons. The van der Waals surface area contributed by atoms with E-state index in [1.807, 2.05) is 19.1 Å². The summed E-state index contributed by atoms with van der Waals surface area (Å²) in [6.45, 7) is 2.28. The van der Waals surface area contributed by atoms with Crippen LogP contribution in [0.4, 0.5) is 8.78 Å². The average molecular weight is 476 g/mol. The van der Waals surface area contributed by atoms with Crippen LogP contribution in [0.15, 0.2) is 59.1 Å². The molecule has 2 aromatic heterocycles. The zero-order chi connectivity index (χ0) is 30.7. The van der Waals surface area contributed by atoms with Gasteiger partial charge in [0.2, 0.25) is 5.69 Å². The first-order valence-corrected chi connectivity index (χ1v) is 11.4. The first-order chi connectivity index (χ1) is 19.4. The van der Waals surface area contributed by atoms with Crippen molar-refractivity contribution in [2.24, 2.45) is 12.5 Å². The lowest BCUT2D eigenvalue weighted by Crippen LogP contribution is -2.31. The molecule has 1 aliphatic carbocycles. The summed E-state index contributed by atoms with van der Waals surface area (Å²) in [4.78, 5) is 0. The number of hydrogen-bond acceptors (Lipinski definition) is 1. The number of hydrogen-bond donors (Lipinski definition) is 0. The molecule has 0 N–H and O–H groups in total. The van der Waals surface area contributed by atoms with Gasteiger partial charge in [0.1, 0.15) is 29.8 Å². The van der Waals surface area contributed by atoms with Crippen molar-refractivity contribution in [3.05, 3.63) is 88.6 Å². The molecule has 176 valence electrons. The lowest BCUT2D eigenvalue weighted by Gasteiger charge is -2.14. The van der Waals surface area contributed by atoms with Crippen molar-refractivity contribution in [1.82, 2.24) is 0 Å². The molecule has 0 spiro atoms. The van der Waals surface area contributed by atoms with E-state index in [0.29, 0.717) is 33.2 Å². The van der Waals surface area contributed by atoms with E-state index in [0.717, 1.165) is 11.6 Å². The van der Waals surface area contributed by atoms with E-state index in [2.05, 4.69) is 0 Å². The molecule has 4 heteroatoms. The Morgan fingerprint density at radius 1 is 0.886 bits per heavy atom. The number of pyridine rings is 1. The summed E-state index contributed by atoms with van der Waals surface area (Å²) < 4.78 is 96.3. The standard InChI is InChI=1S/C31H28F2NO/c1-17-6-9-22-23-10-11-24(32)28(19-7-8-20-14-31(3,4)15-21(20)12-19)30(23)35-29(22)27(17)26-13-25(33)18(2)16-34(26)5/h6-13,16H,14-15H2,1-5H3/q+1/i2D3,14D2,15D2. The van der Waals surface area contributed by atoms with Crippen molar-refractivity contribution in [3.8, 4) is 22.4 Å². The SMILES string of the molecule is [2H]C([2H])([2H])c1c[n+](C)c(-c2c(C)ccc3c2oc2c(-c4ccc5c(c4)C([2H])([2H])C(C)(C)C5([2H])[2H])c(F)ccc23)cc1F. The van der Waals surface area contributed by atoms with Crippen LogP contribution in [0.25, 0.3) is 44.3 Å². The van der Waals surface area contributed by atoms with Crippen LogP contribution in [0.2, 0.25) is 0 Å². The predicted octanol–water partition coefficient (Wildman–Crippen LogP) is 7.76. The zero-order valence-electron chi connectivity index (χ0n) is 26.8. The van der Waals surface area contributed by atoms with Crippen molar-refractivity contribution in [2.45, 2.75) is 40.4 Å². The van der Waals surface area contributed by atoms with E-state index in [1.165, 1.54) is 29.0 Å². The smallest absolute Gasteiger partial charge is 0.219 e. The summed E-state index contributed by atoms with van der Waals surface area (Å²) in [5.74, 6) is -1.48. The van der Waals surface area contributed by atoms with Gasteiger partial charge in [-0.05, 0) is 66.3 Å². The van der Waals surface area contributed by atoms with E-state index in [-0.39, 0.29) is 22.3 Å². The van der Waals surface area contributed by atoms with E-state index >= 15 is 8.78 Å². The number of benzene rings is 3. The maximum atomic E-state index is 15.6. The number of fused-ring (bicyclic) bond motifs is 4. The Balaban J connectivity index is 1.62. The molecular formula is C31H28F2NO+. The highest BCUT2D eigenvalue weighted by Gasteiger charge is 2.29. The summed E-state index contributed by atoms with van der Waals surface area (Å²) in [5, 5.41) is 1.23.